The lowest BCUT2D eigenvalue weighted by Gasteiger charge is -2.17. The molecule has 0 unspecified atom stereocenters. The summed E-state index contributed by atoms with van der Waals surface area (Å²) in [6, 6.07) is 12.2. The largest absolute Gasteiger partial charge is 0.449 e. The Labute approximate surface area is 160 Å². The molecule has 9 heteroatoms. The van der Waals surface area contributed by atoms with E-state index in [0.717, 1.165) is 0 Å². The van der Waals surface area contributed by atoms with Gasteiger partial charge in [0.2, 0.25) is 0 Å². The van der Waals surface area contributed by atoms with Crippen molar-refractivity contribution < 1.29 is 33.0 Å². The van der Waals surface area contributed by atoms with E-state index < -0.39 is 24.6 Å². The number of halogens is 2. The highest BCUT2D eigenvalue weighted by molar-refractivity contribution is 6.00. The van der Waals surface area contributed by atoms with E-state index in [1.165, 1.54) is 37.3 Å². The molecule has 2 aromatic rings. The van der Waals surface area contributed by atoms with Crippen molar-refractivity contribution in [1.29, 1.82) is 0 Å². The van der Waals surface area contributed by atoms with Crippen molar-refractivity contribution in [3.05, 3.63) is 54.1 Å². The van der Waals surface area contributed by atoms with Gasteiger partial charge < -0.3 is 25.2 Å². The van der Waals surface area contributed by atoms with Gasteiger partial charge in [0.05, 0.1) is 17.9 Å². The quantitative estimate of drug-likeness (QED) is 0.566. The van der Waals surface area contributed by atoms with Crippen molar-refractivity contribution in [3.63, 3.8) is 0 Å². The van der Waals surface area contributed by atoms with Crippen LogP contribution in [-0.2, 0) is 9.53 Å². The molecule has 0 aliphatic carbocycles. The van der Waals surface area contributed by atoms with Crippen molar-refractivity contribution >= 4 is 23.3 Å². The third kappa shape index (κ3) is 5.92. The summed E-state index contributed by atoms with van der Waals surface area (Å²) >= 11 is 0. The molecule has 28 heavy (non-hydrogen) atoms. The summed E-state index contributed by atoms with van der Waals surface area (Å²) in [7, 11) is 0. The van der Waals surface area contributed by atoms with Crippen molar-refractivity contribution in [2.45, 2.75) is 19.6 Å². The number of carbonyl (C=O) groups excluding carboxylic acids is 2. The SMILES string of the molecule is C[C@@H](OC(=O)c1ccccc1NCCO)C(=O)Nc1ccccc1OC(F)F. The predicted molar refractivity (Wildman–Crippen MR) is 98.6 cm³/mol. The summed E-state index contributed by atoms with van der Waals surface area (Å²) in [4.78, 5) is 24.7. The Hall–Kier alpha value is -3.20. The zero-order chi connectivity index (χ0) is 20.5. The highest BCUT2D eigenvalue weighted by Gasteiger charge is 2.22. The van der Waals surface area contributed by atoms with Crippen LogP contribution in [0, 0.1) is 0 Å². The zero-order valence-corrected chi connectivity index (χ0v) is 15.0. The van der Waals surface area contributed by atoms with Gasteiger partial charge in [0.15, 0.2) is 6.10 Å². The highest BCUT2D eigenvalue weighted by atomic mass is 19.3. The molecule has 1 atom stereocenters. The van der Waals surface area contributed by atoms with Gasteiger partial charge in [-0.2, -0.15) is 8.78 Å². The molecule has 0 spiro atoms. The van der Waals surface area contributed by atoms with Crippen molar-refractivity contribution in [2.24, 2.45) is 0 Å². The minimum absolute atomic E-state index is 0.0284. The highest BCUT2D eigenvalue weighted by Crippen LogP contribution is 2.26. The number of anilines is 2. The molecule has 0 saturated carbocycles. The number of hydrogen-bond acceptors (Lipinski definition) is 6. The molecule has 2 aromatic carbocycles. The molecule has 0 fully saturated rings. The second kappa shape index (κ2) is 10.2. The number of nitrogens with one attached hydrogen (secondary N) is 2. The van der Waals surface area contributed by atoms with E-state index in [1.807, 2.05) is 0 Å². The van der Waals surface area contributed by atoms with Crippen molar-refractivity contribution in [3.8, 4) is 5.75 Å². The number of para-hydroxylation sites is 3. The van der Waals surface area contributed by atoms with E-state index in [4.69, 9.17) is 9.84 Å². The number of rotatable bonds is 9. The molecule has 2 rings (SSSR count). The standard InChI is InChI=1S/C19H20F2N2O5/c1-12(17(25)23-15-8-4-5-9-16(15)28-19(20)21)27-18(26)13-6-2-3-7-14(13)22-10-11-24/h2-9,12,19,22,24H,10-11H2,1H3,(H,23,25)/t12-/m1/s1. The Balaban J connectivity index is 2.04. The van der Waals surface area contributed by atoms with Crippen LogP contribution in [0.25, 0.3) is 0 Å². The van der Waals surface area contributed by atoms with Crippen LogP contribution in [0.5, 0.6) is 5.75 Å². The summed E-state index contributed by atoms with van der Waals surface area (Å²) in [6.45, 7) is -1.58. The lowest BCUT2D eigenvalue weighted by Crippen LogP contribution is -2.30. The number of ether oxygens (including phenoxy) is 2. The Morgan fingerprint density at radius 1 is 1.07 bits per heavy atom. The number of hydrogen-bond donors (Lipinski definition) is 3. The monoisotopic (exact) mass is 394 g/mol. The number of benzene rings is 2. The molecule has 150 valence electrons. The minimum Gasteiger partial charge on any atom is -0.449 e. The van der Waals surface area contributed by atoms with Crippen LogP contribution in [0.2, 0.25) is 0 Å². The fourth-order valence-corrected chi connectivity index (χ4v) is 2.29. The lowest BCUT2D eigenvalue weighted by atomic mass is 10.1. The first-order chi connectivity index (χ1) is 13.4. The molecule has 0 radical (unpaired) electrons. The Bertz CT molecular complexity index is 816. The third-order valence-corrected chi connectivity index (χ3v) is 3.59. The zero-order valence-electron chi connectivity index (χ0n) is 15.0. The number of amides is 1. The average Bonchev–Trinajstić information content (AvgIpc) is 2.67. The third-order valence-electron chi connectivity index (χ3n) is 3.59. The Morgan fingerprint density at radius 2 is 1.71 bits per heavy atom. The summed E-state index contributed by atoms with van der Waals surface area (Å²) in [5, 5.41) is 14.2. The smallest absolute Gasteiger partial charge is 0.387 e. The van der Waals surface area contributed by atoms with Gasteiger partial charge in [-0.3, -0.25) is 4.79 Å². The van der Waals surface area contributed by atoms with E-state index in [0.29, 0.717) is 5.69 Å². The molecule has 0 saturated heterocycles. The van der Waals surface area contributed by atoms with Crippen LogP contribution in [0.1, 0.15) is 17.3 Å². The molecule has 3 N–H and O–H groups in total. The topological polar surface area (TPSA) is 96.9 Å². The average molecular weight is 394 g/mol. The molecule has 7 nitrogen and oxygen atoms in total. The molecule has 0 bridgehead atoms. The van der Waals surface area contributed by atoms with Gasteiger partial charge >= 0.3 is 12.6 Å². The van der Waals surface area contributed by atoms with Crippen LogP contribution in [0.4, 0.5) is 20.2 Å². The van der Waals surface area contributed by atoms with Crippen molar-refractivity contribution in [2.75, 3.05) is 23.8 Å². The van der Waals surface area contributed by atoms with E-state index in [1.54, 1.807) is 18.2 Å². The fraction of sp³-hybridized carbons (Fsp3) is 0.263. The molecular weight excluding hydrogens is 374 g/mol. The van der Waals surface area contributed by atoms with Crippen LogP contribution >= 0.6 is 0 Å². The molecular formula is C19H20F2N2O5. The molecule has 0 heterocycles. The summed E-state index contributed by atoms with van der Waals surface area (Å²) in [5.74, 6) is -1.66. The number of aliphatic hydroxyl groups is 1. The number of carbonyl (C=O) groups is 2. The summed E-state index contributed by atoms with van der Waals surface area (Å²) < 4.78 is 34.4. The van der Waals surface area contributed by atoms with Crippen LogP contribution in [0.15, 0.2) is 48.5 Å². The maximum absolute atomic E-state index is 12.5. The van der Waals surface area contributed by atoms with Crippen LogP contribution in [0.3, 0.4) is 0 Å². The molecule has 0 aliphatic heterocycles. The lowest BCUT2D eigenvalue weighted by molar-refractivity contribution is -0.123. The van der Waals surface area contributed by atoms with E-state index >= 15 is 0 Å². The first-order valence-electron chi connectivity index (χ1n) is 8.41. The molecule has 0 aromatic heterocycles. The normalized spacial score (nSPS) is 11.6. The predicted octanol–water partition coefficient (Wildman–Crippen LogP) is 2.88. The Kier molecular flexibility index (Phi) is 7.70. The number of esters is 1. The summed E-state index contributed by atoms with van der Waals surface area (Å²) in [6.07, 6.45) is -1.20. The van der Waals surface area contributed by atoms with E-state index in [9.17, 15) is 18.4 Å². The second-order valence-electron chi connectivity index (χ2n) is 5.61. The van der Waals surface area contributed by atoms with Gasteiger partial charge in [-0.05, 0) is 31.2 Å². The minimum atomic E-state index is -3.05. The second-order valence-corrected chi connectivity index (χ2v) is 5.61. The number of alkyl halides is 2. The van der Waals surface area contributed by atoms with E-state index in [-0.39, 0.29) is 30.2 Å². The van der Waals surface area contributed by atoms with Gasteiger partial charge in [-0.25, -0.2) is 4.79 Å². The van der Waals surface area contributed by atoms with Gasteiger partial charge in [0, 0.05) is 12.2 Å². The van der Waals surface area contributed by atoms with Gasteiger partial charge in [0.1, 0.15) is 5.75 Å². The summed E-state index contributed by atoms with van der Waals surface area (Å²) in [5.41, 5.74) is 0.669. The first kappa shape index (κ1) is 21.1. The van der Waals surface area contributed by atoms with Crippen molar-refractivity contribution in [1.82, 2.24) is 0 Å². The maximum atomic E-state index is 12.5. The van der Waals surface area contributed by atoms with Crippen LogP contribution in [-0.4, -0.2) is 42.9 Å². The van der Waals surface area contributed by atoms with Crippen LogP contribution < -0.4 is 15.4 Å². The van der Waals surface area contributed by atoms with Gasteiger partial charge in [0.25, 0.3) is 5.91 Å². The Morgan fingerprint density at radius 3 is 2.39 bits per heavy atom. The van der Waals surface area contributed by atoms with E-state index in [2.05, 4.69) is 15.4 Å². The maximum Gasteiger partial charge on any atom is 0.387 e. The van der Waals surface area contributed by atoms with Gasteiger partial charge in [-0.1, -0.05) is 24.3 Å². The fourth-order valence-electron chi connectivity index (χ4n) is 2.29. The first-order valence-corrected chi connectivity index (χ1v) is 8.41. The molecule has 1 amide bonds. The van der Waals surface area contributed by atoms with Gasteiger partial charge in [-0.15, -0.1) is 0 Å². The number of aliphatic hydroxyl groups excluding tert-OH is 1. The molecule has 0 aliphatic rings.